The van der Waals surface area contributed by atoms with E-state index in [-0.39, 0.29) is 5.79 Å². The summed E-state index contributed by atoms with van der Waals surface area (Å²) in [4.78, 5) is 0. The summed E-state index contributed by atoms with van der Waals surface area (Å²) < 4.78 is 17.2. The molecule has 3 aliphatic rings. The van der Waals surface area contributed by atoms with Gasteiger partial charge in [0, 0.05) is 19.4 Å². The van der Waals surface area contributed by atoms with Gasteiger partial charge in [-0.1, -0.05) is 0 Å². The Balaban J connectivity index is 1.46. The van der Waals surface area contributed by atoms with Crippen LogP contribution in [-0.4, -0.2) is 31.7 Å². The van der Waals surface area contributed by atoms with E-state index in [0.29, 0.717) is 6.10 Å². The Bertz CT molecular complexity index is 219. The summed E-state index contributed by atoms with van der Waals surface area (Å²) in [5, 5.41) is 0. The van der Waals surface area contributed by atoms with Gasteiger partial charge < -0.3 is 14.2 Å². The summed E-state index contributed by atoms with van der Waals surface area (Å²) in [5.41, 5.74) is 0. The molecule has 0 aromatic heterocycles. The lowest BCUT2D eigenvalue weighted by Crippen LogP contribution is -2.35. The lowest BCUT2D eigenvalue weighted by molar-refractivity contribution is -0.183. The molecule has 1 unspecified atom stereocenters. The lowest BCUT2D eigenvalue weighted by Gasteiger charge is -2.36. The highest BCUT2D eigenvalue weighted by atomic mass is 16.7. The predicted octanol–water partition coefficient (Wildman–Crippen LogP) is 2.49. The molecule has 3 rings (SSSR count). The van der Waals surface area contributed by atoms with Crippen molar-refractivity contribution in [2.45, 2.75) is 56.8 Å². The van der Waals surface area contributed by atoms with E-state index >= 15 is 0 Å². The first-order valence-corrected chi connectivity index (χ1v) is 6.76. The molecule has 0 aromatic carbocycles. The fourth-order valence-corrected chi connectivity index (χ4v) is 3.34. The second kappa shape index (κ2) is 4.63. The predicted molar refractivity (Wildman–Crippen MR) is 60.2 cm³/mol. The van der Waals surface area contributed by atoms with E-state index in [1.165, 1.54) is 32.1 Å². The zero-order chi connectivity index (χ0) is 10.8. The summed E-state index contributed by atoms with van der Waals surface area (Å²) in [6.07, 6.45) is 9.01. The molecule has 3 fully saturated rings. The van der Waals surface area contributed by atoms with E-state index in [1.807, 2.05) is 0 Å². The molecule has 1 saturated carbocycles. The summed E-state index contributed by atoms with van der Waals surface area (Å²) in [5.74, 6) is 0.647. The zero-order valence-corrected chi connectivity index (χ0v) is 9.95. The smallest absolute Gasteiger partial charge is 0.168 e. The minimum absolute atomic E-state index is 0.187. The fourth-order valence-electron chi connectivity index (χ4n) is 3.34. The molecule has 0 amide bonds. The van der Waals surface area contributed by atoms with Crippen molar-refractivity contribution in [3.05, 3.63) is 0 Å². The van der Waals surface area contributed by atoms with Crippen LogP contribution in [0.4, 0.5) is 0 Å². The van der Waals surface area contributed by atoms with E-state index in [0.717, 1.165) is 38.6 Å². The second-order valence-corrected chi connectivity index (χ2v) is 5.42. The number of hydrogen-bond donors (Lipinski definition) is 0. The highest BCUT2D eigenvalue weighted by molar-refractivity contribution is 4.84. The van der Waals surface area contributed by atoms with Crippen LogP contribution in [0.5, 0.6) is 0 Å². The van der Waals surface area contributed by atoms with Crippen molar-refractivity contribution in [1.82, 2.24) is 0 Å². The third-order valence-electron chi connectivity index (χ3n) is 4.30. The van der Waals surface area contributed by atoms with E-state index < -0.39 is 0 Å². The van der Waals surface area contributed by atoms with Crippen molar-refractivity contribution in [2.24, 2.45) is 5.92 Å². The molecular formula is C13H22O3. The standard InChI is InChI=1S/C13H22O3/c1-2-12(14-7-1)10-11-3-5-13(6-4-11)15-8-9-16-13/h11-12H,1-10H2. The summed E-state index contributed by atoms with van der Waals surface area (Å²) in [6, 6.07) is 0. The number of rotatable bonds is 2. The van der Waals surface area contributed by atoms with Crippen LogP contribution in [0.2, 0.25) is 0 Å². The van der Waals surface area contributed by atoms with Gasteiger partial charge in [0.05, 0.1) is 19.3 Å². The molecule has 0 N–H and O–H groups in total. The highest BCUT2D eigenvalue weighted by Crippen LogP contribution is 2.40. The van der Waals surface area contributed by atoms with Crippen LogP contribution in [0.25, 0.3) is 0 Å². The zero-order valence-electron chi connectivity index (χ0n) is 9.95. The van der Waals surface area contributed by atoms with Gasteiger partial charge in [0.25, 0.3) is 0 Å². The number of hydrogen-bond acceptors (Lipinski definition) is 3. The first-order valence-electron chi connectivity index (χ1n) is 6.76. The fraction of sp³-hybridized carbons (Fsp3) is 1.00. The second-order valence-electron chi connectivity index (χ2n) is 5.42. The molecule has 2 heterocycles. The highest BCUT2D eigenvalue weighted by Gasteiger charge is 2.40. The Morgan fingerprint density at radius 3 is 2.31 bits per heavy atom. The Kier molecular flexibility index (Phi) is 3.18. The van der Waals surface area contributed by atoms with Gasteiger partial charge >= 0.3 is 0 Å². The molecule has 1 atom stereocenters. The maximum atomic E-state index is 5.75. The van der Waals surface area contributed by atoms with Crippen molar-refractivity contribution in [2.75, 3.05) is 19.8 Å². The van der Waals surface area contributed by atoms with E-state index in [1.54, 1.807) is 0 Å². The van der Waals surface area contributed by atoms with Crippen molar-refractivity contribution < 1.29 is 14.2 Å². The largest absolute Gasteiger partial charge is 0.378 e. The van der Waals surface area contributed by atoms with Crippen molar-refractivity contribution in [3.8, 4) is 0 Å². The number of ether oxygens (including phenoxy) is 3. The average molecular weight is 226 g/mol. The van der Waals surface area contributed by atoms with Gasteiger partial charge in [-0.05, 0) is 38.0 Å². The molecular weight excluding hydrogens is 204 g/mol. The first-order chi connectivity index (χ1) is 7.86. The van der Waals surface area contributed by atoms with Gasteiger partial charge in [0.15, 0.2) is 5.79 Å². The molecule has 1 spiro atoms. The molecule has 0 aromatic rings. The topological polar surface area (TPSA) is 27.7 Å². The SMILES string of the molecule is C1COC(CC2CCC3(CC2)OCCO3)C1. The monoisotopic (exact) mass is 226 g/mol. The van der Waals surface area contributed by atoms with Crippen LogP contribution < -0.4 is 0 Å². The molecule has 92 valence electrons. The van der Waals surface area contributed by atoms with Gasteiger partial charge in [-0.2, -0.15) is 0 Å². The Morgan fingerprint density at radius 2 is 1.69 bits per heavy atom. The molecule has 16 heavy (non-hydrogen) atoms. The maximum absolute atomic E-state index is 5.75. The summed E-state index contributed by atoms with van der Waals surface area (Å²) in [6.45, 7) is 2.56. The van der Waals surface area contributed by atoms with Gasteiger partial charge in [-0.15, -0.1) is 0 Å². The normalized spacial score (nSPS) is 34.9. The average Bonchev–Trinajstić information content (AvgIpc) is 2.94. The van der Waals surface area contributed by atoms with Crippen LogP contribution in [-0.2, 0) is 14.2 Å². The maximum Gasteiger partial charge on any atom is 0.168 e. The minimum atomic E-state index is -0.187. The first kappa shape index (κ1) is 11.0. The molecule has 0 bridgehead atoms. The van der Waals surface area contributed by atoms with E-state index in [9.17, 15) is 0 Å². The van der Waals surface area contributed by atoms with Crippen LogP contribution in [0.15, 0.2) is 0 Å². The lowest BCUT2D eigenvalue weighted by atomic mass is 9.82. The van der Waals surface area contributed by atoms with Gasteiger partial charge in [-0.3, -0.25) is 0 Å². The molecule has 1 aliphatic carbocycles. The Hall–Kier alpha value is -0.120. The van der Waals surface area contributed by atoms with Crippen molar-refractivity contribution >= 4 is 0 Å². The molecule has 3 heteroatoms. The third kappa shape index (κ3) is 2.27. The molecule has 0 radical (unpaired) electrons. The van der Waals surface area contributed by atoms with Gasteiger partial charge in [0.1, 0.15) is 0 Å². The van der Waals surface area contributed by atoms with Crippen LogP contribution in [0.1, 0.15) is 44.9 Å². The molecule has 2 saturated heterocycles. The van der Waals surface area contributed by atoms with Crippen LogP contribution in [0.3, 0.4) is 0 Å². The van der Waals surface area contributed by atoms with E-state index in [2.05, 4.69) is 0 Å². The van der Waals surface area contributed by atoms with Crippen LogP contribution in [0, 0.1) is 5.92 Å². The van der Waals surface area contributed by atoms with Crippen LogP contribution >= 0.6 is 0 Å². The van der Waals surface area contributed by atoms with Gasteiger partial charge in [-0.25, -0.2) is 0 Å². The molecule has 3 nitrogen and oxygen atoms in total. The Morgan fingerprint density at radius 1 is 0.938 bits per heavy atom. The van der Waals surface area contributed by atoms with Crippen molar-refractivity contribution in [3.63, 3.8) is 0 Å². The Labute approximate surface area is 97.4 Å². The van der Waals surface area contributed by atoms with E-state index in [4.69, 9.17) is 14.2 Å². The van der Waals surface area contributed by atoms with Crippen molar-refractivity contribution in [1.29, 1.82) is 0 Å². The summed E-state index contributed by atoms with van der Waals surface area (Å²) in [7, 11) is 0. The van der Waals surface area contributed by atoms with Gasteiger partial charge in [0.2, 0.25) is 0 Å². The quantitative estimate of drug-likeness (QED) is 0.724. The third-order valence-corrected chi connectivity index (χ3v) is 4.30. The molecule has 2 aliphatic heterocycles. The summed E-state index contributed by atoms with van der Waals surface area (Å²) >= 11 is 0. The minimum Gasteiger partial charge on any atom is -0.378 e.